The lowest BCUT2D eigenvalue weighted by atomic mass is 10.0. The number of hydrogen-bond acceptors (Lipinski definition) is 3. The summed E-state index contributed by atoms with van der Waals surface area (Å²) < 4.78 is 0. The fourth-order valence-electron chi connectivity index (χ4n) is 1.34. The smallest absolute Gasteiger partial charge is 0.245 e. The number of benzene rings is 1. The quantitative estimate of drug-likeness (QED) is 0.739. The largest absolute Gasteiger partial charge is 0.368 e. The summed E-state index contributed by atoms with van der Waals surface area (Å²) in [5.41, 5.74) is 11.3. The Morgan fingerprint density at radius 3 is 2.69 bits per heavy atom. The van der Waals surface area contributed by atoms with Gasteiger partial charge in [0.2, 0.25) is 5.91 Å². The lowest BCUT2D eigenvalue weighted by Crippen LogP contribution is -2.26. The van der Waals surface area contributed by atoms with Gasteiger partial charge in [-0.1, -0.05) is 18.2 Å². The SMILES string of the molecule is Cc1ccc(C(C)NOCC(N)=O)cc1C. The maximum absolute atomic E-state index is 10.5. The predicted molar refractivity (Wildman–Crippen MR) is 62.6 cm³/mol. The van der Waals surface area contributed by atoms with Crippen LogP contribution in [0.25, 0.3) is 0 Å². The fourth-order valence-corrected chi connectivity index (χ4v) is 1.34. The zero-order valence-corrected chi connectivity index (χ0v) is 9.91. The molecule has 1 amide bonds. The molecule has 16 heavy (non-hydrogen) atoms. The predicted octanol–water partition coefficient (Wildman–Crippen LogP) is 1.37. The van der Waals surface area contributed by atoms with Crippen molar-refractivity contribution in [3.8, 4) is 0 Å². The Morgan fingerprint density at radius 1 is 1.44 bits per heavy atom. The zero-order valence-electron chi connectivity index (χ0n) is 9.91. The number of nitrogens with two attached hydrogens (primary N) is 1. The second-order valence-electron chi connectivity index (χ2n) is 3.94. The Morgan fingerprint density at radius 2 is 2.12 bits per heavy atom. The van der Waals surface area contributed by atoms with E-state index in [4.69, 9.17) is 10.6 Å². The van der Waals surface area contributed by atoms with Crippen molar-refractivity contribution in [2.75, 3.05) is 6.61 Å². The van der Waals surface area contributed by atoms with Gasteiger partial charge in [-0.15, -0.1) is 0 Å². The molecule has 0 bridgehead atoms. The van der Waals surface area contributed by atoms with E-state index in [0.717, 1.165) is 5.56 Å². The van der Waals surface area contributed by atoms with Gasteiger partial charge in [0.1, 0.15) is 6.61 Å². The first-order chi connectivity index (χ1) is 7.50. The van der Waals surface area contributed by atoms with Crippen molar-refractivity contribution < 1.29 is 9.63 Å². The first-order valence-corrected chi connectivity index (χ1v) is 5.23. The van der Waals surface area contributed by atoms with Crippen LogP contribution in [0, 0.1) is 13.8 Å². The van der Waals surface area contributed by atoms with E-state index in [9.17, 15) is 4.79 Å². The highest BCUT2D eigenvalue weighted by molar-refractivity contribution is 5.74. The summed E-state index contributed by atoms with van der Waals surface area (Å²) in [6, 6.07) is 6.23. The highest BCUT2D eigenvalue weighted by Crippen LogP contribution is 2.16. The van der Waals surface area contributed by atoms with Crippen molar-refractivity contribution in [3.05, 3.63) is 34.9 Å². The van der Waals surface area contributed by atoms with Crippen LogP contribution in [0.3, 0.4) is 0 Å². The molecule has 1 unspecified atom stereocenters. The summed E-state index contributed by atoms with van der Waals surface area (Å²) in [6.07, 6.45) is 0. The van der Waals surface area contributed by atoms with E-state index in [1.54, 1.807) is 0 Å². The molecule has 4 heteroatoms. The number of nitrogens with one attached hydrogen (secondary N) is 1. The molecular formula is C12H18N2O2. The van der Waals surface area contributed by atoms with Gasteiger partial charge in [-0.25, -0.2) is 0 Å². The highest BCUT2D eigenvalue weighted by atomic mass is 16.6. The van der Waals surface area contributed by atoms with Crippen molar-refractivity contribution in [1.29, 1.82) is 0 Å². The van der Waals surface area contributed by atoms with Crippen molar-refractivity contribution in [1.82, 2.24) is 5.48 Å². The van der Waals surface area contributed by atoms with Crippen LogP contribution in [0.4, 0.5) is 0 Å². The molecule has 0 radical (unpaired) electrons. The number of primary amides is 1. The number of hydroxylamine groups is 1. The third-order valence-electron chi connectivity index (χ3n) is 2.51. The Hall–Kier alpha value is -1.39. The van der Waals surface area contributed by atoms with Crippen LogP contribution in [-0.4, -0.2) is 12.5 Å². The maximum atomic E-state index is 10.5. The summed E-state index contributed by atoms with van der Waals surface area (Å²) in [4.78, 5) is 15.4. The van der Waals surface area contributed by atoms with Gasteiger partial charge in [0.25, 0.3) is 0 Å². The Kier molecular flexibility index (Phi) is 4.46. The average molecular weight is 222 g/mol. The summed E-state index contributed by atoms with van der Waals surface area (Å²) in [7, 11) is 0. The molecule has 1 rings (SSSR count). The Labute approximate surface area is 95.7 Å². The minimum absolute atomic E-state index is 0.0265. The first kappa shape index (κ1) is 12.7. The van der Waals surface area contributed by atoms with Crippen molar-refractivity contribution >= 4 is 5.91 Å². The lowest BCUT2D eigenvalue weighted by Gasteiger charge is -2.14. The third kappa shape index (κ3) is 3.64. The van der Waals surface area contributed by atoms with Gasteiger partial charge in [-0.05, 0) is 37.5 Å². The number of carbonyl (C=O) groups excluding carboxylic acids is 1. The van der Waals surface area contributed by atoms with E-state index in [2.05, 4.69) is 31.5 Å². The molecule has 3 N–H and O–H groups in total. The summed E-state index contributed by atoms with van der Waals surface area (Å²) in [6.45, 7) is 5.98. The maximum Gasteiger partial charge on any atom is 0.245 e. The number of hydrogen-bond donors (Lipinski definition) is 2. The van der Waals surface area contributed by atoms with E-state index in [1.165, 1.54) is 11.1 Å². The summed E-state index contributed by atoms with van der Waals surface area (Å²) >= 11 is 0. The van der Waals surface area contributed by atoms with Gasteiger partial charge < -0.3 is 5.73 Å². The van der Waals surface area contributed by atoms with Crippen molar-refractivity contribution in [2.45, 2.75) is 26.8 Å². The van der Waals surface area contributed by atoms with Gasteiger partial charge >= 0.3 is 0 Å². The van der Waals surface area contributed by atoms with Crippen LogP contribution in [0.2, 0.25) is 0 Å². The monoisotopic (exact) mass is 222 g/mol. The van der Waals surface area contributed by atoms with Gasteiger partial charge in [0.05, 0.1) is 6.04 Å². The number of aryl methyl sites for hydroxylation is 2. The Balaban J connectivity index is 2.55. The molecule has 88 valence electrons. The van der Waals surface area contributed by atoms with Gasteiger partial charge in [0, 0.05) is 0 Å². The third-order valence-corrected chi connectivity index (χ3v) is 2.51. The van der Waals surface area contributed by atoms with Crippen LogP contribution >= 0.6 is 0 Å². The zero-order chi connectivity index (χ0) is 12.1. The van der Waals surface area contributed by atoms with Crippen LogP contribution < -0.4 is 11.2 Å². The van der Waals surface area contributed by atoms with Crippen LogP contribution in [0.5, 0.6) is 0 Å². The van der Waals surface area contributed by atoms with Gasteiger partial charge in [-0.2, -0.15) is 5.48 Å². The minimum Gasteiger partial charge on any atom is -0.368 e. The van der Waals surface area contributed by atoms with Crippen LogP contribution in [-0.2, 0) is 9.63 Å². The van der Waals surface area contributed by atoms with Crippen molar-refractivity contribution in [3.63, 3.8) is 0 Å². The van der Waals surface area contributed by atoms with E-state index in [1.807, 2.05) is 13.0 Å². The molecule has 0 aliphatic heterocycles. The normalized spacial score (nSPS) is 12.4. The molecule has 0 heterocycles. The molecular weight excluding hydrogens is 204 g/mol. The van der Waals surface area contributed by atoms with Crippen LogP contribution in [0.15, 0.2) is 18.2 Å². The molecule has 0 aliphatic rings. The number of carbonyl (C=O) groups is 1. The molecule has 0 fully saturated rings. The summed E-state index contributed by atoms with van der Waals surface area (Å²) in [5.74, 6) is -0.486. The standard InChI is InChI=1S/C12H18N2O2/c1-8-4-5-11(6-9(8)2)10(3)14-16-7-12(13)15/h4-6,10,14H,7H2,1-3H3,(H2,13,15). The molecule has 0 spiro atoms. The first-order valence-electron chi connectivity index (χ1n) is 5.23. The highest BCUT2D eigenvalue weighted by Gasteiger charge is 2.06. The molecule has 0 aromatic heterocycles. The van der Waals surface area contributed by atoms with Crippen LogP contribution in [0.1, 0.15) is 29.7 Å². The van der Waals surface area contributed by atoms with Gasteiger partial charge in [0.15, 0.2) is 0 Å². The molecule has 1 atom stereocenters. The molecule has 0 saturated carbocycles. The number of rotatable bonds is 5. The minimum atomic E-state index is -0.486. The molecule has 1 aromatic carbocycles. The van der Waals surface area contributed by atoms with E-state index >= 15 is 0 Å². The van der Waals surface area contributed by atoms with E-state index in [-0.39, 0.29) is 12.6 Å². The molecule has 1 aromatic rings. The second kappa shape index (κ2) is 5.63. The molecule has 0 saturated heterocycles. The Bertz CT molecular complexity index is 377. The number of amides is 1. The average Bonchev–Trinajstić information content (AvgIpc) is 2.21. The lowest BCUT2D eigenvalue weighted by molar-refractivity contribution is -0.126. The van der Waals surface area contributed by atoms with Crippen molar-refractivity contribution in [2.24, 2.45) is 5.73 Å². The molecule has 0 aliphatic carbocycles. The molecule has 4 nitrogen and oxygen atoms in total. The van der Waals surface area contributed by atoms with E-state index < -0.39 is 5.91 Å². The second-order valence-corrected chi connectivity index (χ2v) is 3.94. The fraction of sp³-hybridized carbons (Fsp3) is 0.417. The van der Waals surface area contributed by atoms with E-state index in [0.29, 0.717) is 0 Å². The van der Waals surface area contributed by atoms with Gasteiger partial charge in [-0.3, -0.25) is 9.63 Å². The topological polar surface area (TPSA) is 64.3 Å². The summed E-state index contributed by atoms with van der Waals surface area (Å²) in [5, 5.41) is 0.